The first-order valence-electron chi connectivity index (χ1n) is 7.02. The summed E-state index contributed by atoms with van der Waals surface area (Å²) in [5, 5.41) is 11.2. The summed E-state index contributed by atoms with van der Waals surface area (Å²) in [5.74, 6) is -1.18. The number of ether oxygens (including phenoxy) is 1. The number of hydrogen-bond donors (Lipinski definition) is 1. The molecule has 1 saturated heterocycles. The number of carbonyl (C=O) groups is 2. The van der Waals surface area contributed by atoms with E-state index in [-0.39, 0.29) is 41.4 Å². The Bertz CT molecular complexity index is 637. The standard InChI is InChI=1S/C14H16ClN3O5/c15-10-3-4-12(11(6-10)18(21)22)23-8-13(19)17-5-1-2-9(7-17)14(16)20/h3-4,6,9H,1-2,5,7-8H2,(H2,16,20). The van der Waals surface area contributed by atoms with Crippen LogP contribution in [0.5, 0.6) is 5.75 Å². The number of carbonyl (C=O) groups excluding carboxylic acids is 2. The van der Waals surface area contributed by atoms with Crippen LogP contribution in [0.25, 0.3) is 0 Å². The van der Waals surface area contributed by atoms with Crippen LogP contribution in [0, 0.1) is 16.0 Å². The summed E-state index contributed by atoms with van der Waals surface area (Å²) >= 11 is 5.71. The molecule has 2 rings (SSSR count). The van der Waals surface area contributed by atoms with E-state index in [1.54, 1.807) is 0 Å². The Morgan fingerprint density at radius 1 is 1.48 bits per heavy atom. The van der Waals surface area contributed by atoms with E-state index in [2.05, 4.69) is 0 Å². The monoisotopic (exact) mass is 341 g/mol. The van der Waals surface area contributed by atoms with Gasteiger partial charge < -0.3 is 15.4 Å². The Hall–Kier alpha value is -2.35. The topological polar surface area (TPSA) is 116 Å². The fourth-order valence-electron chi connectivity index (χ4n) is 2.42. The molecule has 8 nitrogen and oxygen atoms in total. The molecule has 0 saturated carbocycles. The lowest BCUT2D eigenvalue weighted by atomic mass is 9.97. The first-order valence-corrected chi connectivity index (χ1v) is 7.40. The molecular weight excluding hydrogens is 326 g/mol. The number of halogens is 1. The predicted octanol–water partition coefficient (Wildman–Crippen LogP) is 1.35. The van der Waals surface area contributed by atoms with Crippen LogP contribution in [0.2, 0.25) is 5.02 Å². The highest BCUT2D eigenvalue weighted by molar-refractivity contribution is 6.30. The predicted molar refractivity (Wildman–Crippen MR) is 82.1 cm³/mol. The van der Waals surface area contributed by atoms with Crippen LogP contribution in [0.3, 0.4) is 0 Å². The summed E-state index contributed by atoms with van der Waals surface area (Å²) in [5.41, 5.74) is 4.96. The average Bonchev–Trinajstić information content (AvgIpc) is 2.53. The number of likely N-dealkylation sites (tertiary alicyclic amines) is 1. The zero-order chi connectivity index (χ0) is 17.0. The van der Waals surface area contributed by atoms with Gasteiger partial charge in [-0.15, -0.1) is 0 Å². The molecule has 0 spiro atoms. The van der Waals surface area contributed by atoms with Crippen molar-refractivity contribution >= 4 is 29.1 Å². The molecule has 1 unspecified atom stereocenters. The molecular formula is C14H16ClN3O5. The van der Waals surface area contributed by atoms with E-state index in [4.69, 9.17) is 22.1 Å². The lowest BCUT2D eigenvalue weighted by Crippen LogP contribution is -2.45. The second kappa shape index (κ2) is 7.28. The van der Waals surface area contributed by atoms with Gasteiger partial charge in [0.15, 0.2) is 12.4 Å². The summed E-state index contributed by atoms with van der Waals surface area (Å²) in [4.78, 5) is 35.2. The highest BCUT2D eigenvalue weighted by Gasteiger charge is 2.27. The molecule has 0 aromatic heterocycles. The van der Waals surface area contributed by atoms with E-state index in [1.807, 2.05) is 0 Å². The van der Waals surface area contributed by atoms with Gasteiger partial charge in [-0.3, -0.25) is 19.7 Å². The first-order chi connectivity index (χ1) is 10.9. The van der Waals surface area contributed by atoms with Crippen LogP contribution in [0.1, 0.15) is 12.8 Å². The molecule has 1 heterocycles. The maximum Gasteiger partial charge on any atom is 0.312 e. The highest BCUT2D eigenvalue weighted by atomic mass is 35.5. The molecule has 2 amide bonds. The molecule has 23 heavy (non-hydrogen) atoms. The van der Waals surface area contributed by atoms with Gasteiger partial charge in [0, 0.05) is 24.2 Å². The van der Waals surface area contributed by atoms with Gasteiger partial charge in [-0.1, -0.05) is 11.6 Å². The van der Waals surface area contributed by atoms with Crippen molar-refractivity contribution in [3.05, 3.63) is 33.3 Å². The number of piperidine rings is 1. The largest absolute Gasteiger partial charge is 0.477 e. The maximum absolute atomic E-state index is 12.1. The molecule has 1 aromatic rings. The number of hydrogen-bond acceptors (Lipinski definition) is 5. The highest BCUT2D eigenvalue weighted by Crippen LogP contribution is 2.30. The average molecular weight is 342 g/mol. The van der Waals surface area contributed by atoms with E-state index < -0.39 is 10.8 Å². The van der Waals surface area contributed by atoms with Crippen molar-refractivity contribution in [2.75, 3.05) is 19.7 Å². The van der Waals surface area contributed by atoms with Crippen molar-refractivity contribution in [1.82, 2.24) is 4.90 Å². The van der Waals surface area contributed by atoms with E-state index in [1.165, 1.54) is 17.0 Å². The number of nitrogens with zero attached hydrogens (tertiary/aromatic N) is 2. The molecule has 124 valence electrons. The maximum atomic E-state index is 12.1. The van der Waals surface area contributed by atoms with Crippen molar-refractivity contribution in [3.63, 3.8) is 0 Å². The zero-order valence-corrected chi connectivity index (χ0v) is 13.0. The van der Waals surface area contributed by atoms with Crippen LogP contribution < -0.4 is 10.5 Å². The summed E-state index contributed by atoms with van der Waals surface area (Å²) in [7, 11) is 0. The summed E-state index contributed by atoms with van der Waals surface area (Å²) in [6.07, 6.45) is 1.34. The third-order valence-corrected chi connectivity index (χ3v) is 3.88. The Morgan fingerprint density at radius 2 is 2.22 bits per heavy atom. The summed E-state index contributed by atoms with van der Waals surface area (Å²) in [6.45, 7) is 0.406. The lowest BCUT2D eigenvalue weighted by Gasteiger charge is -2.31. The molecule has 0 radical (unpaired) electrons. The Labute approximate surface area is 137 Å². The number of nitro benzene ring substituents is 1. The molecule has 2 N–H and O–H groups in total. The normalized spacial score (nSPS) is 17.6. The van der Waals surface area contributed by atoms with Crippen LogP contribution in [0.4, 0.5) is 5.69 Å². The van der Waals surface area contributed by atoms with Crippen molar-refractivity contribution in [1.29, 1.82) is 0 Å². The van der Waals surface area contributed by atoms with Crippen LogP contribution in [-0.4, -0.2) is 41.3 Å². The van der Waals surface area contributed by atoms with Crippen LogP contribution >= 0.6 is 11.6 Å². The molecule has 9 heteroatoms. The third kappa shape index (κ3) is 4.32. The molecule has 1 aliphatic rings. The molecule has 1 atom stereocenters. The molecule has 0 aliphatic carbocycles. The Kier molecular flexibility index (Phi) is 5.38. The number of amides is 2. The van der Waals surface area contributed by atoms with E-state index in [9.17, 15) is 19.7 Å². The second-order valence-corrected chi connectivity index (χ2v) is 5.68. The Balaban J connectivity index is 1.99. The fraction of sp³-hybridized carbons (Fsp3) is 0.429. The molecule has 1 aromatic carbocycles. The van der Waals surface area contributed by atoms with Gasteiger partial charge in [-0.25, -0.2) is 0 Å². The fourth-order valence-corrected chi connectivity index (χ4v) is 2.59. The minimum Gasteiger partial charge on any atom is -0.477 e. The number of nitro groups is 1. The molecule has 1 fully saturated rings. The first kappa shape index (κ1) is 17.0. The SMILES string of the molecule is NC(=O)C1CCCN(C(=O)COc2ccc(Cl)cc2[N+](=O)[O-])C1. The van der Waals surface area contributed by atoms with Crippen molar-refractivity contribution < 1.29 is 19.2 Å². The van der Waals surface area contributed by atoms with Crippen molar-refractivity contribution in [2.45, 2.75) is 12.8 Å². The van der Waals surface area contributed by atoms with Gasteiger partial charge >= 0.3 is 5.69 Å². The quantitative estimate of drug-likeness (QED) is 0.641. The number of primary amides is 1. The third-order valence-electron chi connectivity index (χ3n) is 3.65. The molecule has 0 bridgehead atoms. The van der Waals surface area contributed by atoms with E-state index >= 15 is 0 Å². The van der Waals surface area contributed by atoms with Gasteiger partial charge in [0.05, 0.1) is 10.8 Å². The summed E-state index contributed by atoms with van der Waals surface area (Å²) in [6, 6.07) is 3.94. The minimum absolute atomic E-state index is 0.0313. The number of benzene rings is 1. The van der Waals surface area contributed by atoms with Gasteiger partial charge in [0.1, 0.15) is 0 Å². The van der Waals surface area contributed by atoms with Gasteiger partial charge in [-0.2, -0.15) is 0 Å². The number of rotatable bonds is 5. The summed E-state index contributed by atoms with van der Waals surface area (Å²) < 4.78 is 5.26. The smallest absolute Gasteiger partial charge is 0.312 e. The van der Waals surface area contributed by atoms with Gasteiger partial charge in [-0.05, 0) is 25.0 Å². The molecule has 1 aliphatic heterocycles. The van der Waals surface area contributed by atoms with E-state index in [0.717, 1.165) is 6.07 Å². The minimum atomic E-state index is -0.629. The number of nitrogens with two attached hydrogens (primary N) is 1. The second-order valence-electron chi connectivity index (χ2n) is 5.24. The Morgan fingerprint density at radius 3 is 2.87 bits per heavy atom. The van der Waals surface area contributed by atoms with Crippen LogP contribution in [-0.2, 0) is 9.59 Å². The van der Waals surface area contributed by atoms with Crippen molar-refractivity contribution in [2.24, 2.45) is 11.7 Å². The van der Waals surface area contributed by atoms with E-state index in [0.29, 0.717) is 19.4 Å². The van der Waals surface area contributed by atoms with Gasteiger partial charge in [0.2, 0.25) is 5.91 Å². The van der Waals surface area contributed by atoms with Gasteiger partial charge in [0.25, 0.3) is 5.91 Å². The van der Waals surface area contributed by atoms with Crippen molar-refractivity contribution in [3.8, 4) is 5.75 Å². The zero-order valence-electron chi connectivity index (χ0n) is 12.2. The lowest BCUT2D eigenvalue weighted by molar-refractivity contribution is -0.385. The van der Waals surface area contributed by atoms with Crippen LogP contribution in [0.15, 0.2) is 18.2 Å².